The van der Waals surface area contributed by atoms with Gasteiger partial charge in [0.2, 0.25) is 0 Å². The number of aldehydes is 1. The Kier molecular flexibility index (Phi) is 60.5. The summed E-state index contributed by atoms with van der Waals surface area (Å²) in [5.74, 6) is 1.01. The van der Waals surface area contributed by atoms with Crippen LogP contribution in [-0.4, -0.2) is 52.5 Å². The van der Waals surface area contributed by atoms with Gasteiger partial charge in [-0.15, -0.1) is 13.2 Å². The Morgan fingerprint density at radius 1 is 0.787 bits per heavy atom. The number of nitrogens with one attached hydrogen (secondary N) is 3. The molecule has 2 atom stereocenters. The number of hydrogen-bond acceptors (Lipinski definition) is 4. The van der Waals surface area contributed by atoms with Crippen LogP contribution in [0.4, 0.5) is 5.69 Å². The first-order chi connectivity index (χ1) is 36.1. The minimum Gasteiger partial charge on any atom is -0.388 e. The number of aryl methyl sites for hydroxylation is 2. The quantitative estimate of drug-likeness (QED) is 0.0672. The molecule has 426 valence electrons. The molecule has 2 heterocycles. The van der Waals surface area contributed by atoms with Crippen molar-refractivity contribution in [1.82, 2.24) is 14.9 Å². The van der Waals surface area contributed by atoms with E-state index in [1.807, 2.05) is 94.5 Å². The lowest BCUT2D eigenvalue weighted by Crippen LogP contribution is -2.39. The molecule has 7 nitrogen and oxygen atoms in total. The zero-order chi connectivity index (χ0) is 58.2. The zero-order valence-electron chi connectivity index (χ0n) is 51.9. The van der Waals surface area contributed by atoms with E-state index in [0.29, 0.717) is 12.1 Å². The molecule has 0 bridgehead atoms. The predicted octanol–water partition coefficient (Wildman–Crippen LogP) is 20.8. The number of hydrogen-bond donors (Lipinski definition) is 3. The van der Waals surface area contributed by atoms with Crippen molar-refractivity contribution in [3.05, 3.63) is 155 Å². The van der Waals surface area contributed by atoms with Crippen LogP contribution < -0.4 is 5.32 Å². The fourth-order valence-corrected chi connectivity index (χ4v) is 6.26. The van der Waals surface area contributed by atoms with E-state index in [2.05, 4.69) is 131 Å². The number of nitrogens with zero attached hydrogens (tertiary/aromatic N) is 1. The second-order valence-corrected chi connectivity index (χ2v) is 17.9. The van der Waals surface area contributed by atoms with Crippen LogP contribution in [0.1, 0.15) is 244 Å². The van der Waals surface area contributed by atoms with Crippen molar-refractivity contribution in [2.75, 3.05) is 18.9 Å². The standard InChI is InChI=1S/C20H25N.C12H18N2O2.C9H13NO.C8H18.3C4H8.C3H6.2C2H6/c1-3-4-6-17-7-5-8-18(10-9-17)11-12-19-13-15-20(21-2)16-14-19;1-4-5-14(10(3)8-15)12(16)11-6-9(2)13-7-11;1-4-8-6(2)10-5-9(8)7(3)11;1-4-6-7-8(3)5-2;1-2-4-3-1;2*1-3-4-2;1-3-2;2*1-2/h7-16,21H,3-6H2,1-2H3;6-8,10,13H,4-5H2,1-3H3;5,10H,4H2,1-3H3;8H,4-7H2,1-3H3;1-4H2;3-4H,1-2H3;3H,1,4H2,2H3;3H,1H2,2H3;2*1-2H3/b12-11+;;;;;4-3-;;;;. The fourth-order valence-electron chi connectivity index (χ4n) is 6.26. The van der Waals surface area contributed by atoms with Crippen LogP contribution in [0.3, 0.4) is 0 Å². The second kappa shape index (κ2) is 57.8. The Hall–Kier alpha value is -5.43. The number of unbranched alkanes of at least 4 members (excludes halogenated alkanes) is 2. The molecule has 0 aliphatic heterocycles. The highest BCUT2D eigenvalue weighted by Crippen LogP contribution is 2.19. The number of carbonyl (C=O) groups is 3. The van der Waals surface area contributed by atoms with E-state index < -0.39 is 0 Å². The Balaban J connectivity index is -0.000000269. The van der Waals surface area contributed by atoms with E-state index in [9.17, 15) is 14.4 Å². The Bertz CT molecular complexity index is 1940. The number of anilines is 1. The highest BCUT2D eigenvalue weighted by atomic mass is 16.2. The molecule has 2 aliphatic rings. The highest BCUT2D eigenvalue weighted by Gasteiger charge is 2.20. The third-order valence-corrected chi connectivity index (χ3v) is 11.5. The Morgan fingerprint density at radius 2 is 1.35 bits per heavy atom. The molecule has 2 unspecified atom stereocenters. The van der Waals surface area contributed by atoms with Gasteiger partial charge in [-0.2, -0.15) is 0 Å². The first-order valence-corrected chi connectivity index (χ1v) is 29.0. The van der Waals surface area contributed by atoms with Gasteiger partial charge in [-0.05, 0) is 128 Å². The van der Waals surface area contributed by atoms with Gasteiger partial charge >= 0.3 is 0 Å². The number of Topliss-reactive ketones (excluding diaryl/α,β-unsaturated/α-hetero) is 1. The SMILES string of the molecule is C/C=C\C.C1CCC1.C=CC.C=CCC.CC.CC.CCCCC(C)CC.CCCCC1=CCC=C(/C=C/c2ccc(NC)cc2)C=C1.CCCN(C(=O)c1c[nH]c(C)c1)C(C)C=O.CCc1c(C(C)=O)c[nH]c1C. The van der Waals surface area contributed by atoms with Crippen molar-refractivity contribution in [1.29, 1.82) is 0 Å². The lowest BCUT2D eigenvalue weighted by atomic mass is 10.0. The summed E-state index contributed by atoms with van der Waals surface area (Å²) in [6, 6.07) is 9.89. The lowest BCUT2D eigenvalue weighted by Gasteiger charge is -2.24. The van der Waals surface area contributed by atoms with Crippen LogP contribution in [0, 0.1) is 19.8 Å². The third kappa shape index (κ3) is 43.5. The third-order valence-electron chi connectivity index (χ3n) is 11.5. The van der Waals surface area contributed by atoms with Gasteiger partial charge in [0, 0.05) is 48.6 Å². The van der Waals surface area contributed by atoms with Crippen molar-refractivity contribution in [2.45, 2.75) is 227 Å². The molecule has 7 heteroatoms. The summed E-state index contributed by atoms with van der Waals surface area (Å²) in [5, 5.41) is 3.14. The van der Waals surface area contributed by atoms with Crippen molar-refractivity contribution < 1.29 is 14.4 Å². The first kappa shape index (κ1) is 78.5. The molecule has 3 aromatic rings. The minimum absolute atomic E-state index is 0.0919. The topological polar surface area (TPSA) is 98.1 Å². The van der Waals surface area contributed by atoms with E-state index in [0.717, 1.165) is 66.1 Å². The van der Waals surface area contributed by atoms with Gasteiger partial charge in [0.05, 0.1) is 11.6 Å². The van der Waals surface area contributed by atoms with Crippen molar-refractivity contribution in [3.8, 4) is 0 Å². The van der Waals surface area contributed by atoms with Gasteiger partial charge in [-0.25, -0.2) is 0 Å². The molecule has 1 saturated carbocycles. The van der Waals surface area contributed by atoms with Gasteiger partial charge in [0.1, 0.15) is 6.29 Å². The molecule has 5 rings (SSSR count). The van der Waals surface area contributed by atoms with Crippen molar-refractivity contribution in [2.24, 2.45) is 5.92 Å². The summed E-state index contributed by atoms with van der Waals surface area (Å²) in [4.78, 5) is 41.5. The normalized spacial score (nSPS) is 12.1. The average Bonchev–Trinajstić information content (AvgIpc) is 3.96. The van der Waals surface area contributed by atoms with Crippen LogP contribution in [0.5, 0.6) is 0 Å². The maximum Gasteiger partial charge on any atom is 0.255 e. The average molecular weight is 1040 g/mol. The van der Waals surface area contributed by atoms with Gasteiger partial charge < -0.3 is 25.0 Å². The van der Waals surface area contributed by atoms with Gasteiger partial charge in [0.25, 0.3) is 5.91 Å². The Morgan fingerprint density at radius 3 is 1.73 bits per heavy atom. The molecule has 75 heavy (non-hydrogen) atoms. The van der Waals surface area contributed by atoms with Crippen LogP contribution in [0.25, 0.3) is 6.08 Å². The largest absolute Gasteiger partial charge is 0.388 e. The summed E-state index contributed by atoms with van der Waals surface area (Å²) in [7, 11) is 1.94. The monoisotopic (exact) mass is 1040 g/mol. The summed E-state index contributed by atoms with van der Waals surface area (Å²) in [6.07, 6.45) is 44.5. The smallest absolute Gasteiger partial charge is 0.255 e. The van der Waals surface area contributed by atoms with Crippen molar-refractivity contribution in [3.63, 3.8) is 0 Å². The molecule has 2 aliphatic carbocycles. The number of benzene rings is 1. The molecule has 2 aromatic heterocycles. The molecule has 1 fully saturated rings. The van der Waals surface area contributed by atoms with E-state index in [1.165, 1.54) is 87.3 Å². The maximum absolute atomic E-state index is 12.1. The van der Waals surface area contributed by atoms with Crippen LogP contribution in [0.15, 0.2) is 122 Å². The van der Waals surface area contributed by atoms with E-state index in [-0.39, 0.29) is 17.7 Å². The first-order valence-electron chi connectivity index (χ1n) is 29.0. The van der Waals surface area contributed by atoms with Gasteiger partial charge in [-0.3, -0.25) is 9.59 Å². The molecule has 0 saturated heterocycles. The fraction of sp³-hybridized carbons (Fsp3) is 0.544. The molecular weight excluding hydrogens is 921 g/mol. The minimum atomic E-state index is -0.373. The van der Waals surface area contributed by atoms with Gasteiger partial charge in [-0.1, -0.05) is 212 Å². The van der Waals surface area contributed by atoms with E-state index in [4.69, 9.17) is 0 Å². The van der Waals surface area contributed by atoms with Crippen LogP contribution in [-0.2, 0) is 11.2 Å². The number of aromatic nitrogens is 2. The number of rotatable bonds is 18. The lowest BCUT2D eigenvalue weighted by molar-refractivity contribution is -0.111. The number of ketones is 1. The van der Waals surface area contributed by atoms with Crippen LogP contribution >= 0.6 is 0 Å². The summed E-state index contributed by atoms with van der Waals surface area (Å²) >= 11 is 0. The second-order valence-electron chi connectivity index (χ2n) is 17.9. The number of carbonyl (C=O) groups excluding carboxylic acids is 3. The molecule has 0 radical (unpaired) electrons. The molecule has 0 spiro atoms. The van der Waals surface area contributed by atoms with E-state index in [1.54, 1.807) is 43.3 Å². The van der Waals surface area contributed by atoms with Gasteiger partial charge in [0.15, 0.2) is 5.78 Å². The molecular formula is C68H116N4O3. The predicted molar refractivity (Wildman–Crippen MR) is 339 cm³/mol. The Labute approximate surface area is 464 Å². The zero-order valence-corrected chi connectivity index (χ0v) is 51.9. The summed E-state index contributed by atoms with van der Waals surface area (Å²) < 4.78 is 0. The van der Waals surface area contributed by atoms with Crippen molar-refractivity contribution >= 4 is 29.7 Å². The summed E-state index contributed by atoms with van der Waals surface area (Å²) in [6.45, 7) is 43.7. The van der Waals surface area contributed by atoms with Crippen LogP contribution in [0.2, 0.25) is 0 Å². The molecule has 3 N–H and O–H groups in total. The number of amides is 1. The number of H-pyrrole nitrogens is 2. The molecule has 1 aromatic carbocycles. The maximum atomic E-state index is 12.1. The van der Waals surface area contributed by atoms with E-state index >= 15 is 0 Å². The summed E-state index contributed by atoms with van der Waals surface area (Å²) in [5.41, 5.74) is 9.78. The molecule has 1 amide bonds. The number of allylic oxidation sites excluding steroid dienone is 11. The number of aromatic amines is 2. The highest BCUT2D eigenvalue weighted by molar-refractivity contribution is 5.96.